The first-order valence-electron chi connectivity index (χ1n) is 7.34. The molecule has 0 saturated heterocycles. The van der Waals surface area contributed by atoms with Crippen molar-refractivity contribution in [3.8, 4) is 11.1 Å². The maximum absolute atomic E-state index is 12.0. The van der Waals surface area contributed by atoms with E-state index < -0.39 is 5.91 Å². The van der Waals surface area contributed by atoms with Gasteiger partial charge in [0.2, 0.25) is 5.91 Å². The van der Waals surface area contributed by atoms with Crippen LogP contribution in [0.1, 0.15) is 21.8 Å². The molecule has 5 nitrogen and oxygen atoms in total. The van der Waals surface area contributed by atoms with Gasteiger partial charge >= 0.3 is 0 Å². The van der Waals surface area contributed by atoms with E-state index in [-0.39, 0.29) is 0 Å². The molecule has 2 aromatic heterocycles. The van der Waals surface area contributed by atoms with Gasteiger partial charge in [0.1, 0.15) is 5.76 Å². The number of nitrogens with one attached hydrogen (secondary N) is 1. The highest BCUT2D eigenvalue weighted by atomic mass is 16.5. The highest BCUT2D eigenvalue weighted by Gasteiger charge is 2.18. The second kappa shape index (κ2) is 4.71. The van der Waals surface area contributed by atoms with Gasteiger partial charge in [-0.05, 0) is 37.6 Å². The third-order valence-corrected chi connectivity index (χ3v) is 4.19. The smallest absolute Gasteiger partial charge is 0.249 e. The number of carbonyl (C=O) groups excluding carboxylic acids is 1. The fourth-order valence-electron chi connectivity index (χ4n) is 3.22. The molecule has 0 bridgehead atoms. The zero-order chi connectivity index (χ0) is 16.1. The molecule has 1 amide bonds. The van der Waals surface area contributed by atoms with Crippen LogP contribution in [0.5, 0.6) is 0 Å². The Morgan fingerprint density at radius 1 is 1.17 bits per heavy atom. The molecule has 0 aliphatic heterocycles. The number of benzene rings is 2. The van der Waals surface area contributed by atoms with Crippen LogP contribution in [0.15, 0.2) is 40.9 Å². The Morgan fingerprint density at radius 2 is 1.96 bits per heavy atom. The number of aryl methyl sites for hydroxylation is 2. The van der Waals surface area contributed by atoms with Gasteiger partial charge in [-0.2, -0.15) is 0 Å². The van der Waals surface area contributed by atoms with Gasteiger partial charge in [-0.15, -0.1) is 0 Å². The molecule has 3 N–H and O–H groups in total. The van der Waals surface area contributed by atoms with Crippen LogP contribution in [0.4, 0.5) is 0 Å². The number of aromatic amines is 1. The summed E-state index contributed by atoms with van der Waals surface area (Å²) in [6.07, 6.45) is 0. The van der Waals surface area contributed by atoms with E-state index in [4.69, 9.17) is 10.3 Å². The maximum atomic E-state index is 12.0. The number of amides is 1. The predicted octanol–water partition coefficient (Wildman–Crippen LogP) is 3.69. The molecule has 2 aromatic carbocycles. The maximum Gasteiger partial charge on any atom is 0.249 e. The molecular formula is C18H15N3O2. The minimum Gasteiger partial charge on any atom is -0.366 e. The number of hydrogen-bond donors (Lipinski definition) is 2. The topological polar surface area (TPSA) is 84.9 Å². The van der Waals surface area contributed by atoms with Crippen molar-refractivity contribution in [2.24, 2.45) is 5.73 Å². The minimum absolute atomic E-state index is 0.451. The molecule has 0 fully saturated rings. The molecule has 4 aromatic rings. The van der Waals surface area contributed by atoms with Crippen molar-refractivity contribution in [2.75, 3.05) is 0 Å². The summed E-state index contributed by atoms with van der Waals surface area (Å²) in [6.45, 7) is 3.74. The average molecular weight is 305 g/mol. The van der Waals surface area contributed by atoms with Crippen LogP contribution in [-0.2, 0) is 0 Å². The number of fused-ring (bicyclic) bond motifs is 3. The molecule has 4 rings (SSSR count). The number of aromatic nitrogens is 2. The van der Waals surface area contributed by atoms with Crippen LogP contribution in [0.3, 0.4) is 0 Å². The molecule has 0 aliphatic carbocycles. The van der Waals surface area contributed by atoms with Crippen LogP contribution in [0, 0.1) is 13.8 Å². The number of rotatable bonds is 2. The molecule has 23 heavy (non-hydrogen) atoms. The number of para-hydroxylation sites is 1. The lowest BCUT2D eigenvalue weighted by Crippen LogP contribution is -2.11. The molecule has 0 unspecified atom stereocenters. The Hall–Kier alpha value is -3.08. The Kier molecular flexibility index (Phi) is 2.78. The third kappa shape index (κ3) is 1.93. The van der Waals surface area contributed by atoms with E-state index >= 15 is 0 Å². The van der Waals surface area contributed by atoms with Crippen molar-refractivity contribution in [3.63, 3.8) is 0 Å². The number of primary amides is 1. The first-order chi connectivity index (χ1) is 11.1. The van der Waals surface area contributed by atoms with Crippen molar-refractivity contribution < 1.29 is 9.32 Å². The van der Waals surface area contributed by atoms with Crippen molar-refractivity contribution in [3.05, 3.63) is 53.4 Å². The van der Waals surface area contributed by atoms with Crippen LogP contribution in [0.25, 0.3) is 32.9 Å². The Balaban J connectivity index is 2.14. The van der Waals surface area contributed by atoms with E-state index in [1.54, 1.807) is 0 Å². The summed E-state index contributed by atoms with van der Waals surface area (Å²) < 4.78 is 5.24. The first-order valence-corrected chi connectivity index (χ1v) is 7.34. The van der Waals surface area contributed by atoms with Gasteiger partial charge in [0.15, 0.2) is 0 Å². The molecule has 0 atom stereocenters. The molecule has 0 aliphatic rings. The monoisotopic (exact) mass is 305 g/mol. The highest BCUT2D eigenvalue weighted by Crippen LogP contribution is 2.35. The molecule has 114 valence electrons. The van der Waals surface area contributed by atoms with E-state index in [1.165, 1.54) is 0 Å². The normalized spacial score (nSPS) is 11.4. The number of hydrogen-bond acceptors (Lipinski definition) is 3. The number of H-pyrrole nitrogens is 1. The van der Waals surface area contributed by atoms with E-state index in [0.717, 1.165) is 38.6 Å². The van der Waals surface area contributed by atoms with Gasteiger partial charge in [-0.25, -0.2) is 0 Å². The van der Waals surface area contributed by atoms with Gasteiger partial charge in [0.25, 0.3) is 0 Å². The fraction of sp³-hybridized carbons (Fsp3) is 0.111. The number of nitrogens with two attached hydrogens (primary N) is 1. The lowest BCUT2D eigenvalue weighted by molar-refractivity contribution is 0.100. The summed E-state index contributed by atoms with van der Waals surface area (Å²) in [5.41, 5.74) is 10.5. The number of carbonyl (C=O) groups is 1. The molecular weight excluding hydrogens is 290 g/mol. The molecule has 0 radical (unpaired) electrons. The highest BCUT2D eigenvalue weighted by molar-refractivity contribution is 6.18. The minimum atomic E-state index is -0.451. The van der Waals surface area contributed by atoms with Gasteiger partial charge in [-0.3, -0.25) is 4.79 Å². The van der Waals surface area contributed by atoms with Gasteiger partial charge in [0, 0.05) is 32.9 Å². The zero-order valence-corrected chi connectivity index (χ0v) is 12.8. The standard InChI is InChI=1S/C18H15N3O2/c1-9-16(10(2)23-21-9)11-7-13(18(19)22)17-12-5-3-4-6-14(12)20-15(17)8-11/h3-8,20H,1-2H3,(H2,19,22). The summed E-state index contributed by atoms with van der Waals surface area (Å²) in [7, 11) is 0. The number of nitrogens with zero attached hydrogens (tertiary/aromatic N) is 1. The fourth-order valence-corrected chi connectivity index (χ4v) is 3.22. The van der Waals surface area contributed by atoms with Crippen molar-refractivity contribution in [1.29, 1.82) is 0 Å². The molecule has 0 spiro atoms. The molecule has 0 saturated carbocycles. The van der Waals surface area contributed by atoms with Crippen molar-refractivity contribution in [1.82, 2.24) is 10.1 Å². The van der Waals surface area contributed by atoms with Crippen LogP contribution < -0.4 is 5.73 Å². The van der Waals surface area contributed by atoms with Crippen LogP contribution in [-0.4, -0.2) is 16.0 Å². The predicted molar refractivity (Wildman–Crippen MR) is 89.3 cm³/mol. The van der Waals surface area contributed by atoms with E-state index in [2.05, 4.69) is 10.1 Å². The second-order valence-electron chi connectivity index (χ2n) is 5.68. The van der Waals surface area contributed by atoms with Crippen molar-refractivity contribution in [2.45, 2.75) is 13.8 Å². The second-order valence-corrected chi connectivity index (χ2v) is 5.68. The SMILES string of the molecule is Cc1noc(C)c1-c1cc(C(N)=O)c2c(c1)[nH]c1ccccc12. The summed E-state index contributed by atoms with van der Waals surface area (Å²) in [5.74, 6) is 0.266. The van der Waals surface area contributed by atoms with Gasteiger partial charge in [-0.1, -0.05) is 23.4 Å². The van der Waals surface area contributed by atoms with Gasteiger partial charge < -0.3 is 15.2 Å². The largest absolute Gasteiger partial charge is 0.366 e. The quantitative estimate of drug-likeness (QED) is 0.592. The summed E-state index contributed by atoms with van der Waals surface area (Å²) in [6, 6.07) is 11.7. The van der Waals surface area contributed by atoms with E-state index in [1.807, 2.05) is 50.2 Å². The lowest BCUT2D eigenvalue weighted by atomic mass is 9.97. The Labute approximate surface area is 132 Å². The summed E-state index contributed by atoms with van der Waals surface area (Å²) >= 11 is 0. The van der Waals surface area contributed by atoms with Crippen molar-refractivity contribution >= 4 is 27.7 Å². The van der Waals surface area contributed by atoms with Gasteiger partial charge in [0.05, 0.1) is 5.69 Å². The van der Waals surface area contributed by atoms with E-state index in [9.17, 15) is 4.79 Å². The summed E-state index contributed by atoms with van der Waals surface area (Å²) in [4.78, 5) is 15.4. The zero-order valence-electron chi connectivity index (χ0n) is 12.8. The van der Waals surface area contributed by atoms with E-state index in [0.29, 0.717) is 11.3 Å². The summed E-state index contributed by atoms with van der Waals surface area (Å²) in [5, 5.41) is 5.83. The Bertz CT molecular complexity index is 1050. The lowest BCUT2D eigenvalue weighted by Gasteiger charge is -2.05. The average Bonchev–Trinajstić information content (AvgIpc) is 3.06. The van der Waals surface area contributed by atoms with Crippen LogP contribution >= 0.6 is 0 Å². The van der Waals surface area contributed by atoms with Crippen LogP contribution in [0.2, 0.25) is 0 Å². The molecule has 2 heterocycles. The first kappa shape index (κ1) is 13.6. The Morgan fingerprint density at radius 3 is 2.65 bits per heavy atom. The third-order valence-electron chi connectivity index (χ3n) is 4.19. The molecule has 5 heteroatoms.